The Hall–Kier alpha value is -1.20. The summed E-state index contributed by atoms with van der Waals surface area (Å²) < 4.78 is 47.0. The van der Waals surface area contributed by atoms with Gasteiger partial charge in [0.15, 0.2) is 6.29 Å². The molecule has 0 radical (unpaired) electrons. The van der Waals surface area contributed by atoms with Gasteiger partial charge in [0, 0.05) is 0 Å². The molecule has 0 aromatic heterocycles. The molecule has 1 aliphatic heterocycles. The molecule has 1 amide bonds. The summed E-state index contributed by atoms with van der Waals surface area (Å²) in [5.74, 6) is -0.683. The largest absolute Gasteiger partial charge is 0.397 e. The molecular weight excluding hydrogens is 743 g/mol. The van der Waals surface area contributed by atoms with Gasteiger partial charge in [0.05, 0.1) is 25.4 Å². The van der Waals surface area contributed by atoms with Crippen molar-refractivity contribution in [2.75, 3.05) is 13.2 Å². The summed E-state index contributed by atoms with van der Waals surface area (Å²) in [7, 11) is -5.10. The van der Waals surface area contributed by atoms with Gasteiger partial charge in [-0.15, -0.1) is 0 Å². The zero-order chi connectivity index (χ0) is 41.4. The molecule has 7 N–H and O–H groups in total. The number of carbonyl (C=O) groups is 1. The molecule has 14 heteroatoms. The fourth-order valence-corrected chi connectivity index (χ4v) is 7.61. The summed E-state index contributed by atoms with van der Waals surface area (Å²) in [5, 5.41) is 54.5. The number of aliphatic hydroxyl groups is 5. The van der Waals surface area contributed by atoms with Crippen molar-refractivity contribution in [3.63, 3.8) is 0 Å². The monoisotopic (exact) mass is 824 g/mol. The first-order chi connectivity index (χ1) is 26.9. The van der Waals surface area contributed by atoms with Gasteiger partial charge >= 0.3 is 10.4 Å². The normalized spacial score (nSPS) is 22.0. The summed E-state index contributed by atoms with van der Waals surface area (Å²) in [4.78, 5) is 12.9. The van der Waals surface area contributed by atoms with Crippen molar-refractivity contribution in [1.82, 2.24) is 5.32 Å². The maximum absolute atomic E-state index is 12.9. The summed E-state index contributed by atoms with van der Waals surface area (Å²) in [6.45, 7) is 3.07. The van der Waals surface area contributed by atoms with E-state index in [1.807, 2.05) is 6.92 Å². The van der Waals surface area contributed by atoms with Gasteiger partial charge in [-0.1, -0.05) is 161 Å². The predicted octanol–water partition coefficient (Wildman–Crippen LogP) is 6.97. The van der Waals surface area contributed by atoms with Crippen molar-refractivity contribution in [3.8, 4) is 0 Å². The lowest BCUT2D eigenvalue weighted by atomic mass is 9.99. The highest BCUT2D eigenvalue weighted by Crippen LogP contribution is 2.26. The molecule has 0 spiro atoms. The number of nitrogens with one attached hydrogen (secondary N) is 1. The lowest BCUT2D eigenvalue weighted by Crippen LogP contribution is -2.61. The average molecular weight is 824 g/mol. The van der Waals surface area contributed by atoms with Gasteiger partial charge in [0.2, 0.25) is 5.91 Å². The van der Waals surface area contributed by atoms with Crippen molar-refractivity contribution < 1.29 is 57.0 Å². The van der Waals surface area contributed by atoms with Crippen LogP contribution in [-0.2, 0) is 28.9 Å². The van der Waals surface area contributed by atoms with E-state index in [2.05, 4.69) is 28.6 Å². The topological polar surface area (TPSA) is 212 Å². The standard InChI is InChI=1S/C42H81NO12S/c1-3-5-7-8-9-10-11-12-13-14-15-16-17-18-19-20-21-22-23-24-25-26-27-29-31-36(46)41(49)43-34(35(45)30-28-6-4-2)33-53-42-39(48)40(55-56(50,51)52)38(47)37(32-44)54-42/h18-19,34-40,42,44-48H,3-17,20-33H2,1-2H3,(H,43,49)(H,50,51,52)/b19-18-. The third-order valence-corrected chi connectivity index (χ3v) is 11.1. The highest BCUT2D eigenvalue weighted by molar-refractivity contribution is 7.80. The SMILES string of the molecule is CCCCCCCCCCCCCC/C=C\CCCCCCCCCCC(O)C(=O)NC(COC1OC(CO)C(O)C(OS(=O)(=O)O)C1O)C(O)CCCCC. The van der Waals surface area contributed by atoms with E-state index in [0.717, 1.165) is 38.5 Å². The van der Waals surface area contributed by atoms with Gasteiger partial charge < -0.3 is 40.3 Å². The first-order valence-corrected chi connectivity index (χ1v) is 23.5. The molecular formula is C42H81NO12S. The lowest BCUT2D eigenvalue weighted by molar-refractivity contribution is -0.298. The molecule has 13 nitrogen and oxygen atoms in total. The number of hydrogen-bond donors (Lipinski definition) is 7. The van der Waals surface area contributed by atoms with E-state index in [4.69, 9.17) is 14.0 Å². The first-order valence-electron chi connectivity index (χ1n) is 22.2. The van der Waals surface area contributed by atoms with Crippen LogP contribution in [0.4, 0.5) is 0 Å². The maximum atomic E-state index is 12.9. The van der Waals surface area contributed by atoms with E-state index < -0.39 is 78.5 Å². The zero-order valence-electron chi connectivity index (χ0n) is 34.8. The Morgan fingerprint density at radius 1 is 0.696 bits per heavy atom. The van der Waals surface area contributed by atoms with Gasteiger partial charge in [-0.05, 0) is 38.5 Å². The average Bonchev–Trinajstić information content (AvgIpc) is 3.16. The second-order valence-electron chi connectivity index (χ2n) is 15.8. The molecule has 1 rings (SSSR count). The molecule has 8 unspecified atom stereocenters. The van der Waals surface area contributed by atoms with E-state index in [0.29, 0.717) is 19.3 Å². The third kappa shape index (κ3) is 26.0. The van der Waals surface area contributed by atoms with Crippen molar-refractivity contribution in [1.29, 1.82) is 0 Å². The van der Waals surface area contributed by atoms with Crippen LogP contribution in [0.2, 0.25) is 0 Å². The fraction of sp³-hybridized carbons (Fsp3) is 0.929. The van der Waals surface area contributed by atoms with Gasteiger partial charge in [0.25, 0.3) is 0 Å². The number of allylic oxidation sites excluding steroid dienone is 2. The molecule has 1 saturated heterocycles. The van der Waals surface area contributed by atoms with Gasteiger partial charge in [-0.25, -0.2) is 4.18 Å². The van der Waals surface area contributed by atoms with E-state index in [-0.39, 0.29) is 6.42 Å². The number of rotatable bonds is 37. The van der Waals surface area contributed by atoms with E-state index >= 15 is 0 Å². The minimum Gasteiger partial charge on any atom is -0.394 e. The second-order valence-corrected chi connectivity index (χ2v) is 16.8. The molecule has 1 aliphatic rings. The summed E-state index contributed by atoms with van der Waals surface area (Å²) in [6.07, 6.45) is 24.0. The Morgan fingerprint density at radius 3 is 1.62 bits per heavy atom. The molecule has 0 aliphatic carbocycles. The second kappa shape index (κ2) is 33.6. The van der Waals surface area contributed by atoms with E-state index in [1.54, 1.807) is 0 Å². The fourth-order valence-electron chi connectivity index (χ4n) is 7.11. The maximum Gasteiger partial charge on any atom is 0.397 e. The Balaban J connectivity index is 2.26. The number of hydrogen-bond acceptors (Lipinski definition) is 11. The third-order valence-electron chi connectivity index (χ3n) is 10.7. The first kappa shape index (κ1) is 52.8. The Kier molecular flexibility index (Phi) is 31.7. The van der Waals surface area contributed by atoms with Gasteiger partial charge in [-0.2, -0.15) is 8.42 Å². The molecule has 1 fully saturated rings. The minimum atomic E-state index is -5.10. The van der Waals surface area contributed by atoms with Crippen molar-refractivity contribution in [3.05, 3.63) is 12.2 Å². The molecule has 0 saturated carbocycles. The quantitative estimate of drug-likeness (QED) is 0.0192. The highest BCUT2D eigenvalue weighted by Gasteiger charge is 2.48. The van der Waals surface area contributed by atoms with Crippen LogP contribution in [0.25, 0.3) is 0 Å². The molecule has 56 heavy (non-hydrogen) atoms. The van der Waals surface area contributed by atoms with Crippen LogP contribution in [0.3, 0.4) is 0 Å². The number of amides is 1. The molecule has 332 valence electrons. The van der Waals surface area contributed by atoms with Crippen molar-refractivity contribution in [2.24, 2.45) is 0 Å². The summed E-state index contributed by atoms with van der Waals surface area (Å²) in [5.41, 5.74) is 0. The molecule has 0 aromatic carbocycles. The molecule has 0 aromatic rings. The number of aliphatic hydroxyl groups excluding tert-OH is 5. The minimum absolute atomic E-state index is 0.256. The van der Waals surface area contributed by atoms with E-state index in [1.165, 1.54) is 109 Å². The summed E-state index contributed by atoms with van der Waals surface area (Å²) >= 11 is 0. The molecule has 8 atom stereocenters. The Labute approximate surface area is 339 Å². The van der Waals surface area contributed by atoms with Crippen molar-refractivity contribution >= 4 is 16.3 Å². The Morgan fingerprint density at radius 2 is 1.14 bits per heavy atom. The van der Waals surface area contributed by atoms with Gasteiger partial charge in [-0.3, -0.25) is 9.35 Å². The Bertz CT molecular complexity index is 1080. The number of unbranched alkanes of at least 4 members (excludes halogenated alkanes) is 22. The van der Waals surface area contributed by atoms with Crippen LogP contribution in [0.1, 0.15) is 187 Å². The molecule has 1 heterocycles. The molecule has 0 bridgehead atoms. The number of ether oxygens (including phenoxy) is 2. The lowest BCUT2D eigenvalue weighted by Gasteiger charge is -2.41. The zero-order valence-corrected chi connectivity index (χ0v) is 35.6. The van der Waals surface area contributed by atoms with Crippen molar-refractivity contribution in [2.45, 2.75) is 236 Å². The predicted molar refractivity (Wildman–Crippen MR) is 219 cm³/mol. The van der Waals surface area contributed by atoms with Crippen LogP contribution in [-0.4, -0.2) is 107 Å². The smallest absolute Gasteiger partial charge is 0.394 e. The van der Waals surface area contributed by atoms with Gasteiger partial charge in [0.1, 0.15) is 30.5 Å². The highest BCUT2D eigenvalue weighted by atomic mass is 32.3. The van der Waals surface area contributed by atoms with Crippen LogP contribution in [0, 0.1) is 0 Å². The van der Waals surface area contributed by atoms with Crippen LogP contribution < -0.4 is 5.32 Å². The summed E-state index contributed by atoms with van der Waals surface area (Å²) in [6, 6.07) is -1.03. The van der Waals surface area contributed by atoms with E-state index in [9.17, 15) is 38.7 Å². The number of carbonyl (C=O) groups excluding carboxylic acids is 1. The van der Waals surface area contributed by atoms with Crippen LogP contribution in [0.5, 0.6) is 0 Å². The van der Waals surface area contributed by atoms with Crippen LogP contribution in [0.15, 0.2) is 12.2 Å². The van der Waals surface area contributed by atoms with Crippen LogP contribution >= 0.6 is 0 Å².